The van der Waals surface area contributed by atoms with Gasteiger partial charge in [-0.15, -0.1) is 0 Å². The molecule has 3 rings (SSSR count). The summed E-state index contributed by atoms with van der Waals surface area (Å²) < 4.78 is 5.29. The minimum absolute atomic E-state index is 0.0880. The molecule has 1 N–H and O–H groups in total. The molecule has 0 unspecified atom stereocenters. The van der Waals surface area contributed by atoms with Gasteiger partial charge in [0.05, 0.1) is 18.2 Å². The maximum atomic E-state index is 12.7. The number of hydrogen-bond donors (Lipinski definition) is 1. The Balaban J connectivity index is 1.66. The second kappa shape index (κ2) is 8.64. The highest BCUT2D eigenvalue weighted by Gasteiger charge is 2.21. The molecule has 27 heavy (non-hydrogen) atoms. The molecular formula is C20H24N4O3. The highest BCUT2D eigenvalue weighted by Crippen LogP contribution is 2.17. The zero-order valence-corrected chi connectivity index (χ0v) is 15.6. The first-order valence-corrected chi connectivity index (χ1v) is 8.91. The van der Waals surface area contributed by atoms with E-state index in [0.29, 0.717) is 30.8 Å². The van der Waals surface area contributed by atoms with E-state index >= 15 is 0 Å². The number of rotatable bonds is 5. The Kier molecular flexibility index (Phi) is 6.03. The van der Waals surface area contributed by atoms with Crippen LogP contribution in [0.2, 0.25) is 0 Å². The zero-order valence-electron chi connectivity index (χ0n) is 15.6. The van der Waals surface area contributed by atoms with E-state index in [9.17, 15) is 9.59 Å². The summed E-state index contributed by atoms with van der Waals surface area (Å²) in [5.41, 5.74) is 1.68. The Morgan fingerprint density at radius 3 is 2.56 bits per heavy atom. The topological polar surface area (TPSA) is 74.8 Å². The lowest BCUT2D eigenvalue weighted by Gasteiger charge is -2.32. The Morgan fingerprint density at radius 2 is 1.81 bits per heavy atom. The average molecular weight is 368 g/mol. The first-order valence-electron chi connectivity index (χ1n) is 8.91. The van der Waals surface area contributed by atoms with E-state index in [0.717, 1.165) is 24.4 Å². The van der Waals surface area contributed by atoms with E-state index in [-0.39, 0.29) is 11.8 Å². The van der Waals surface area contributed by atoms with E-state index in [2.05, 4.69) is 15.2 Å². The summed E-state index contributed by atoms with van der Waals surface area (Å²) in [4.78, 5) is 33.2. The van der Waals surface area contributed by atoms with Gasteiger partial charge >= 0.3 is 0 Å². The molecule has 1 saturated heterocycles. The molecule has 0 atom stereocenters. The molecule has 1 aromatic heterocycles. The Bertz CT molecular complexity index is 816. The number of likely N-dealkylation sites (N-methyl/N-ethyl adjacent to an activating group) is 1. The summed E-state index contributed by atoms with van der Waals surface area (Å²) in [5.74, 6) is 0.353. The van der Waals surface area contributed by atoms with Crippen LogP contribution in [0.15, 0.2) is 42.7 Å². The third-order valence-corrected chi connectivity index (χ3v) is 4.67. The van der Waals surface area contributed by atoms with Crippen molar-refractivity contribution in [2.45, 2.75) is 6.54 Å². The second-order valence-electron chi connectivity index (χ2n) is 6.55. The minimum Gasteiger partial charge on any atom is -0.496 e. The minimum atomic E-state index is -0.276. The maximum absolute atomic E-state index is 12.7. The molecule has 1 fully saturated rings. The van der Waals surface area contributed by atoms with Crippen molar-refractivity contribution >= 4 is 11.8 Å². The number of para-hydroxylation sites is 1. The van der Waals surface area contributed by atoms with Gasteiger partial charge < -0.3 is 19.9 Å². The van der Waals surface area contributed by atoms with Gasteiger partial charge in [0.25, 0.3) is 11.8 Å². The number of hydrogen-bond acceptors (Lipinski definition) is 5. The first kappa shape index (κ1) is 18.8. The van der Waals surface area contributed by atoms with Gasteiger partial charge in [-0.1, -0.05) is 18.2 Å². The van der Waals surface area contributed by atoms with Crippen LogP contribution in [0, 0.1) is 0 Å². The smallest absolute Gasteiger partial charge is 0.255 e. The number of benzene rings is 1. The van der Waals surface area contributed by atoms with Crippen molar-refractivity contribution in [2.24, 2.45) is 0 Å². The van der Waals surface area contributed by atoms with E-state index in [1.807, 2.05) is 31.3 Å². The van der Waals surface area contributed by atoms with E-state index in [1.54, 1.807) is 18.1 Å². The van der Waals surface area contributed by atoms with Crippen molar-refractivity contribution in [2.75, 3.05) is 40.3 Å². The molecule has 142 valence electrons. The monoisotopic (exact) mass is 368 g/mol. The number of aromatic nitrogens is 1. The molecule has 0 bridgehead atoms. The van der Waals surface area contributed by atoms with Gasteiger partial charge in [0, 0.05) is 50.7 Å². The van der Waals surface area contributed by atoms with Gasteiger partial charge in [-0.25, -0.2) is 0 Å². The van der Waals surface area contributed by atoms with Gasteiger partial charge in [-0.2, -0.15) is 0 Å². The summed E-state index contributed by atoms with van der Waals surface area (Å²) in [7, 11) is 3.63. The van der Waals surface area contributed by atoms with Crippen LogP contribution in [0.4, 0.5) is 0 Å². The van der Waals surface area contributed by atoms with Crippen molar-refractivity contribution in [3.63, 3.8) is 0 Å². The zero-order chi connectivity index (χ0) is 19.2. The van der Waals surface area contributed by atoms with E-state index < -0.39 is 0 Å². The third kappa shape index (κ3) is 4.62. The Labute approximate surface area is 158 Å². The number of pyridine rings is 1. The van der Waals surface area contributed by atoms with Crippen LogP contribution in [0.25, 0.3) is 0 Å². The predicted octanol–water partition coefficient (Wildman–Crippen LogP) is 1.41. The lowest BCUT2D eigenvalue weighted by Crippen LogP contribution is -2.47. The van der Waals surface area contributed by atoms with Gasteiger partial charge in [0.1, 0.15) is 5.75 Å². The van der Waals surface area contributed by atoms with Gasteiger partial charge in [0.2, 0.25) is 0 Å². The molecule has 0 saturated carbocycles. The summed E-state index contributed by atoms with van der Waals surface area (Å²) >= 11 is 0. The molecule has 0 radical (unpaired) electrons. The maximum Gasteiger partial charge on any atom is 0.255 e. The first-order chi connectivity index (χ1) is 13.1. The van der Waals surface area contributed by atoms with Crippen molar-refractivity contribution in [1.82, 2.24) is 20.1 Å². The van der Waals surface area contributed by atoms with Crippen LogP contribution in [-0.4, -0.2) is 66.9 Å². The quantitative estimate of drug-likeness (QED) is 0.864. The highest BCUT2D eigenvalue weighted by atomic mass is 16.5. The van der Waals surface area contributed by atoms with Crippen molar-refractivity contribution in [1.29, 1.82) is 0 Å². The van der Waals surface area contributed by atoms with E-state index in [1.165, 1.54) is 12.4 Å². The van der Waals surface area contributed by atoms with Crippen molar-refractivity contribution in [3.8, 4) is 5.75 Å². The van der Waals surface area contributed by atoms with Crippen LogP contribution in [-0.2, 0) is 6.54 Å². The van der Waals surface area contributed by atoms with Crippen molar-refractivity contribution in [3.05, 3.63) is 59.4 Å². The van der Waals surface area contributed by atoms with E-state index in [4.69, 9.17) is 4.74 Å². The normalized spacial score (nSPS) is 14.7. The number of amides is 2. The fourth-order valence-corrected chi connectivity index (χ4v) is 3.00. The molecular weight excluding hydrogens is 344 g/mol. The van der Waals surface area contributed by atoms with Crippen molar-refractivity contribution < 1.29 is 14.3 Å². The molecule has 1 aromatic carbocycles. The Morgan fingerprint density at radius 1 is 1.11 bits per heavy atom. The third-order valence-electron chi connectivity index (χ3n) is 4.67. The van der Waals surface area contributed by atoms with Gasteiger partial charge in [-0.3, -0.25) is 14.6 Å². The molecule has 0 spiro atoms. The number of nitrogens with zero attached hydrogens (tertiary/aromatic N) is 3. The van der Waals surface area contributed by atoms with Gasteiger partial charge in [-0.05, 0) is 19.2 Å². The molecule has 0 aliphatic carbocycles. The summed E-state index contributed by atoms with van der Waals surface area (Å²) in [6.45, 7) is 3.38. The molecule has 1 aliphatic heterocycles. The average Bonchev–Trinajstić information content (AvgIpc) is 2.72. The largest absolute Gasteiger partial charge is 0.496 e. The van der Waals surface area contributed by atoms with Gasteiger partial charge in [0.15, 0.2) is 0 Å². The summed E-state index contributed by atoms with van der Waals surface area (Å²) in [5, 5.41) is 2.85. The Hall–Kier alpha value is -2.93. The van der Waals surface area contributed by atoms with Crippen LogP contribution >= 0.6 is 0 Å². The number of piperazine rings is 1. The van der Waals surface area contributed by atoms with Crippen LogP contribution in [0.3, 0.4) is 0 Å². The standard InChI is InChI=1S/C20H24N4O3/c1-23-7-9-24(10-8-23)20(26)17-11-16(12-21-13-17)19(25)22-14-15-5-3-4-6-18(15)27-2/h3-6,11-13H,7-10,14H2,1-2H3,(H,22,25). The number of carbonyl (C=O) groups is 2. The fraction of sp³-hybridized carbons (Fsp3) is 0.350. The molecule has 2 aromatic rings. The second-order valence-corrected chi connectivity index (χ2v) is 6.55. The number of nitrogens with one attached hydrogen (secondary N) is 1. The van der Waals surface area contributed by atoms with Crippen LogP contribution in [0.5, 0.6) is 5.75 Å². The highest BCUT2D eigenvalue weighted by molar-refractivity contribution is 5.99. The predicted molar refractivity (Wildman–Crippen MR) is 102 cm³/mol. The summed E-state index contributed by atoms with van der Waals surface area (Å²) in [6.07, 6.45) is 2.98. The number of methoxy groups -OCH3 is 1. The van der Waals surface area contributed by atoms with Crippen LogP contribution < -0.4 is 10.1 Å². The molecule has 2 amide bonds. The summed E-state index contributed by atoms with van der Waals surface area (Å²) in [6, 6.07) is 9.11. The SMILES string of the molecule is COc1ccccc1CNC(=O)c1cncc(C(=O)N2CCN(C)CC2)c1. The molecule has 2 heterocycles. The fourth-order valence-electron chi connectivity index (χ4n) is 3.00. The lowest BCUT2D eigenvalue weighted by atomic mass is 10.1. The molecule has 7 heteroatoms. The molecule has 1 aliphatic rings. The number of ether oxygens (including phenoxy) is 1. The number of carbonyl (C=O) groups excluding carboxylic acids is 2. The van der Waals surface area contributed by atoms with Crippen LogP contribution in [0.1, 0.15) is 26.3 Å². The molecule has 7 nitrogen and oxygen atoms in total. The lowest BCUT2D eigenvalue weighted by molar-refractivity contribution is 0.0663.